The first kappa shape index (κ1) is 11.3. The summed E-state index contributed by atoms with van der Waals surface area (Å²) in [5, 5.41) is 7.37. The van der Waals surface area contributed by atoms with Crippen LogP contribution >= 0.6 is 15.9 Å². The second-order valence-corrected chi connectivity index (χ2v) is 7.26. The normalized spacial score (nSPS) is 36.8. The van der Waals surface area contributed by atoms with E-state index in [0.717, 1.165) is 12.5 Å². The molecular weight excluding hydrogens is 288 g/mol. The topological polar surface area (TPSA) is 24.1 Å². The molecule has 3 aliphatic rings. The Morgan fingerprint density at radius 3 is 3.17 bits per heavy atom. The molecular formula is C15H19BrN2. The van der Waals surface area contributed by atoms with Crippen molar-refractivity contribution >= 4 is 21.6 Å². The average molecular weight is 307 g/mol. The Kier molecular flexibility index (Phi) is 2.34. The van der Waals surface area contributed by atoms with Crippen molar-refractivity contribution in [1.29, 1.82) is 0 Å². The largest absolute Gasteiger partial charge is 0.384 e. The molecule has 1 unspecified atom stereocenters. The number of fused-ring (bicyclic) bond motifs is 2. The van der Waals surface area contributed by atoms with Crippen LogP contribution in [0.3, 0.4) is 0 Å². The van der Waals surface area contributed by atoms with Crippen LogP contribution in [0.5, 0.6) is 0 Å². The molecule has 1 aromatic carbocycles. The molecule has 0 saturated carbocycles. The van der Waals surface area contributed by atoms with Crippen molar-refractivity contribution in [3.8, 4) is 0 Å². The van der Waals surface area contributed by atoms with Gasteiger partial charge in [-0.05, 0) is 55.0 Å². The molecule has 1 fully saturated rings. The first-order valence-electron chi connectivity index (χ1n) is 6.99. The third kappa shape index (κ3) is 1.44. The third-order valence-corrected chi connectivity index (χ3v) is 5.52. The van der Waals surface area contributed by atoms with Crippen molar-refractivity contribution < 1.29 is 0 Å². The summed E-state index contributed by atoms with van der Waals surface area (Å²) in [4.78, 5) is 0. The van der Waals surface area contributed by atoms with E-state index in [-0.39, 0.29) is 0 Å². The zero-order valence-electron chi connectivity index (χ0n) is 10.7. The number of hydrogen-bond acceptors (Lipinski definition) is 2. The maximum atomic E-state index is 3.75. The minimum atomic E-state index is 0.330. The maximum Gasteiger partial charge on any atom is 0.0393 e. The molecule has 3 atom stereocenters. The van der Waals surface area contributed by atoms with Gasteiger partial charge in [0.1, 0.15) is 0 Å². The molecule has 0 bridgehead atoms. The SMILES string of the molecule is CC12CNc3cc(Br)cc(c31)[C@H]1CCCN[C@@H]1C2. The molecule has 2 heterocycles. The van der Waals surface area contributed by atoms with E-state index in [2.05, 4.69) is 45.6 Å². The Hall–Kier alpha value is -0.540. The van der Waals surface area contributed by atoms with Crippen LogP contribution in [0.4, 0.5) is 5.69 Å². The molecule has 3 heteroatoms. The van der Waals surface area contributed by atoms with Crippen LogP contribution in [0.2, 0.25) is 0 Å². The van der Waals surface area contributed by atoms with Crippen LogP contribution in [0.15, 0.2) is 16.6 Å². The Labute approximate surface area is 117 Å². The van der Waals surface area contributed by atoms with Gasteiger partial charge in [0.2, 0.25) is 0 Å². The molecule has 0 spiro atoms. The van der Waals surface area contributed by atoms with Crippen molar-refractivity contribution in [3.05, 3.63) is 27.7 Å². The van der Waals surface area contributed by atoms with E-state index in [4.69, 9.17) is 0 Å². The predicted molar refractivity (Wildman–Crippen MR) is 78.4 cm³/mol. The summed E-state index contributed by atoms with van der Waals surface area (Å²) >= 11 is 3.67. The highest BCUT2D eigenvalue weighted by Crippen LogP contribution is 2.52. The van der Waals surface area contributed by atoms with E-state index < -0.39 is 0 Å². The highest BCUT2D eigenvalue weighted by Gasteiger charge is 2.46. The highest BCUT2D eigenvalue weighted by atomic mass is 79.9. The van der Waals surface area contributed by atoms with Gasteiger partial charge in [-0.1, -0.05) is 22.9 Å². The number of anilines is 1. The van der Waals surface area contributed by atoms with Crippen LogP contribution in [-0.4, -0.2) is 19.1 Å². The summed E-state index contributed by atoms with van der Waals surface area (Å²) in [6.45, 7) is 4.72. The number of hydrogen-bond donors (Lipinski definition) is 2. The summed E-state index contributed by atoms with van der Waals surface area (Å²) in [5.41, 5.74) is 4.90. The quantitative estimate of drug-likeness (QED) is 0.768. The molecule has 2 nitrogen and oxygen atoms in total. The summed E-state index contributed by atoms with van der Waals surface area (Å²) in [5.74, 6) is 0.720. The van der Waals surface area contributed by atoms with Crippen LogP contribution < -0.4 is 10.6 Å². The van der Waals surface area contributed by atoms with Gasteiger partial charge >= 0.3 is 0 Å². The molecule has 1 saturated heterocycles. The number of halogens is 1. The Morgan fingerprint density at radius 1 is 1.39 bits per heavy atom. The average Bonchev–Trinajstić information content (AvgIpc) is 2.67. The van der Waals surface area contributed by atoms with Crippen molar-refractivity contribution in [1.82, 2.24) is 5.32 Å². The van der Waals surface area contributed by atoms with Gasteiger partial charge in [-0.15, -0.1) is 0 Å². The number of piperidine rings is 1. The van der Waals surface area contributed by atoms with E-state index in [1.807, 2.05) is 0 Å². The smallest absolute Gasteiger partial charge is 0.0393 e. The van der Waals surface area contributed by atoms with Gasteiger partial charge < -0.3 is 10.6 Å². The van der Waals surface area contributed by atoms with Crippen molar-refractivity contribution in [2.24, 2.45) is 0 Å². The van der Waals surface area contributed by atoms with Crippen LogP contribution in [-0.2, 0) is 5.41 Å². The van der Waals surface area contributed by atoms with Gasteiger partial charge in [-0.25, -0.2) is 0 Å². The first-order chi connectivity index (χ1) is 8.67. The fourth-order valence-corrected chi connectivity index (χ4v) is 4.79. The number of rotatable bonds is 0. The summed E-state index contributed by atoms with van der Waals surface area (Å²) in [6.07, 6.45) is 3.94. The van der Waals surface area contributed by atoms with Crippen LogP contribution in [0.25, 0.3) is 0 Å². The first-order valence-corrected chi connectivity index (χ1v) is 7.78. The molecule has 4 rings (SSSR count). The lowest BCUT2D eigenvalue weighted by molar-refractivity contribution is 0.261. The van der Waals surface area contributed by atoms with Crippen molar-refractivity contribution in [3.63, 3.8) is 0 Å². The second kappa shape index (κ2) is 3.73. The maximum absolute atomic E-state index is 3.75. The molecule has 2 aliphatic heterocycles. The number of nitrogens with one attached hydrogen (secondary N) is 2. The molecule has 0 amide bonds. The van der Waals surface area contributed by atoms with E-state index in [1.165, 1.54) is 36.0 Å². The summed E-state index contributed by atoms with van der Waals surface area (Å²) in [7, 11) is 0. The monoisotopic (exact) mass is 306 g/mol. The fourth-order valence-electron chi connectivity index (χ4n) is 4.31. The number of benzene rings is 1. The molecule has 1 aromatic rings. The molecule has 2 N–H and O–H groups in total. The molecule has 0 radical (unpaired) electrons. The van der Waals surface area contributed by atoms with E-state index in [0.29, 0.717) is 11.5 Å². The zero-order valence-corrected chi connectivity index (χ0v) is 12.3. The van der Waals surface area contributed by atoms with Gasteiger partial charge in [0.15, 0.2) is 0 Å². The zero-order chi connectivity index (χ0) is 12.3. The standard InChI is InChI=1S/C15H19BrN2/c1-15-7-13-10(3-2-4-17-13)11-5-9(16)6-12(14(11)15)18-8-15/h5-6,10,13,17-18H,2-4,7-8H2,1H3/t10-,13-,15?/m1/s1. The molecule has 18 heavy (non-hydrogen) atoms. The highest BCUT2D eigenvalue weighted by molar-refractivity contribution is 9.10. The summed E-state index contributed by atoms with van der Waals surface area (Å²) in [6, 6.07) is 5.30. The predicted octanol–water partition coefficient (Wildman–Crippen LogP) is 3.37. The minimum absolute atomic E-state index is 0.330. The van der Waals surface area contributed by atoms with Crippen molar-refractivity contribution in [2.45, 2.75) is 43.6 Å². The Balaban J connectivity index is 1.93. The van der Waals surface area contributed by atoms with Crippen molar-refractivity contribution in [2.75, 3.05) is 18.4 Å². The van der Waals surface area contributed by atoms with Gasteiger partial charge in [0, 0.05) is 28.2 Å². The van der Waals surface area contributed by atoms with Gasteiger partial charge in [0.25, 0.3) is 0 Å². The molecule has 1 aliphatic carbocycles. The Bertz CT molecular complexity index is 513. The van der Waals surface area contributed by atoms with Gasteiger partial charge in [0.05, 0.1) is 0 Å². The lowest BCUT2D eigenvalue weighted by atomic mass is 9.64. The van der Waals surface area contributed by atoms with Gasteiger partial charge in [-0.3, -0.25) is 0 Å². The van der Waals surface area contributed by atoms with E-state index in [9.17, 15) is 0 Å². The minimum Gasteiger partial charge on any atom is -0.384 e. The fraction of sp³-hybridized carbons (Fsp3) is 0.600. The lowest BCUT2D eigenvalue weighted by Gasteiger charge is -2.44. The molecule has 96 valence electrons. The second-order valence-electron chi connectivity index (χ2n) is 6.35. The van der Waals surface area contributed by atoms with E-state index >= 15 is 0 Å². The third-order valence-electron chi connectivity index (χ3n) is 5.06. The summed E-state index contributed by atoms with van der Waals surface area (Å²) < 4.78 is 1.22. The van der Waals surface area contributed by atoms with E-state index in [1.54, 1.807) is 11.1 Å². The van der Waals surface area contributed by atoms with Crippen LogP contribution in [0.1, 0.15) is 43.2 Å². The molecule has 0 aromatic heterocycles. The lowest BCUT2D eigenvalue weighted by Crippen LogP contribution is -2.48. The van der Waals surface area contributed by atoms with Gasteiger partial charge in [-0.2, -0.15) is 0 Å². The van der Waals surface area contributed by atoms with Crippen LogP contribution in [0, 0.1) is 0 Å². The Morgan fingerprint density at radius 2 is 2.28 bits per heavy atom.